The number of benzene rings is 1. The molecule has 1 aliphatic heterocycles. The number of hydrogen-bond acceptors (Lipinski definition) is 3. The third-order valence-electron chi connectivity index (χ3n) is 5.57. The van der Waals surface area contributed by atoms with Gasteiger partial charge in [0.2, 0.25) is 0 Å². The number of para-hydroxylation sites is 1. The number of rotatable bonds is 3. The van der Waals surface area contributed by atoms with Crippen LogP contribution in [-0.2, 0) is 6.42 Å². The minimum Gasteiger partial charge on any atom is -0.348 e. The van der Waals surface area contributed by atoms with Crippen molar-refractivity contribution in [3.05, 3.63) is 59.4 Å². The van der Waals surface area contributed by atoms with Crippen molar-refractivity contribution >= 4 is 17.5 Å². The number of aromatic nitrogens is 1. The fourth-order valence-corrected chi connectivity index (χ4v) is 4.18. The van der Waals surface area contributed by atoms with Crippen LogP contribution in [-0.4, -0.2) is 28.9 Å². The Morgan fingerprint density at radius 3 is 2.56 bits per heavy atom. The van der Waals surface area contributed by atoms with Crippen LogP contribution in [0.15, 0.2) is 42.5 Å². The lowest BCUT2D eigenvalue weighted by Gasteiger charge is -2.23. The summed E-state index contributed by atoms with van der Waals surface area (Å²) in [6.07, 6.45) is 6.43. The van der Waals surface area contributed by atoms with E-state index in [1.54, 1.807) is 23.1 Å². The molecule has 1 aliphatic carbocycles. The van der Waals surface area contributed by atoms with Gasteiger partial charge in [-0.2, -0.15) is 0 Å². The van der Waals surface area contributed by atoms with Gasteiger partial charge in [-0.15, -0.1) is 0 Å². The van der Waals surface area contributed by atoms with Crippen LogP contribution in [0.4, 0.5) is 5.69 Å². The van der Waals surface area contributed by atoms with E-state index in [-0.39, 0.29) is 23.9 Å². The topological polar surface area (TPSA) is 62.3 Å². The van der Waals surface area contributed by atoms with Gasteiger partial charge in [-0.25, -0.2) is 4.98 Å². The smallest absolute Gasteiger partial charge is 0.277 e. The van der Waals surface area contributed by atoms with Crippen LogP contribution in [0.25, 0.3) is 0 Å². The normalized spacial score (nSPS) is 19.6. The Hall–Kier alpha value is -2.69. The molecule has 5 heteroatoms. The summed E-state index contributed by atoms with van der Waals surface area (Å²) in [4.78, 5) is 31.9. The summed E-state index contributed by atoms with van der Waals surface area (Å²) in [5.74, 6) is -0.341. The van der Waals surface area contributed by atoms with Crippen LogP contribution in [0.5, 0.6) is 0 Å². The van der Waals surface area contributed by atoms with Crippen molar-refractivity contribution in [1.29, 1.82) is 0 Å². The third kappa shape index (κ3) is 3.59. The van der Waals surface area contributed by atoms with E-state index in [2.05, 4.69) is 16.4 Å². The van der Waals surface area contributed by atoms with Crippen LogP contribution < -0.4 is 10.2 Å². The van der Waals surface area contributed by atoms with Gasteiger partial charge in [0, 0.05) is 17.8 Å². The van der Waals surface area contributed by atoms with Crippen molar-refractivity contribution < 1.29 is 9.59 Å². The lowest BCUT2D eigenvalue weighted by Crippen LogP contribution is -2.38. The van der Waals surface area contributed by atoms with Gasteiger partial charge in [0.25, 0.3) is 11.8 Å². The van der Waals surface area contributed by atoms with Crippen molar-refractivity contribution in [3.63, 3.8) is 0 Å². The average Bonchev–Trinajstić information content (AvgIpc) is 3.04. The summed E-state index contributed by atoms with van der Waals surface area (Å²) >= 11 is 0. The molecule has 1 saturated carbocycles. The zero-order chi connectivity index (χ0) is 18.8. The van der Waals surface area contributed by atoms with Crippen molar-refractivity contribution in [3.8, 4) is 0 Å². The molecular weight excluding hydrogens is 338 g/mol. The van der Waals surface area contributed by atoms with Crippen LogP contribution in [0.3, 0.4) is 0 Å². The van der Waals surface area contributed by atoms with Crippen LogP contribution >= 0.6 is 0 Å². The van der Waals surface area contributed by atoms with E-state index in [0.29, 0.717) is 11.4 Å². The molecule has 0 saturated heterocycles. The number of carbonyl (C=O) groups excluding carboxylic acids is 2. The van der Waals surface area contributed by atoms with Crippen LogP contribution in [0.1, 0.15) is 65.6 Å². The molecule has 1 atom stereocenters. The number of carbonyl (C=O) groups is 2. The van der Waals surface area contributed by atoms with Gasteiger partial charge in [0.05, 0.1) is 0 Å². The number of hydrogen-bond donors (Lipinski definition) is 1. The van der Waals surface area contributed by atoms with Crippen molar-refractivity contribution in [1.82, 2.24) is 10.3 Å². The van der Waals surface area contributed by atoms with Crippen molar-refractivity contribution in [2.24, 2.45) is 0 Å². The Bertz CT molecular complexity index is 858. The maximum absolute atomic E-state index is 13.1. The highest BCUT2D eigenvalue weighted by Gasteiger charge is 2.32. The highest BCUT2D eigenvalue weighted by atomic mass is 16.2. The highest BCUT2D eigenvalue weighted by molar-refractivity contribution is 6.07. The van der Waals surface area contributed by atoms with Gasteiger partial charge in [-0.05, 0) is 49.9 Å². The van der Waals surface area contributed by atoms with Crippen molar-refractivity contribution in [2.75, 3.05) is 4.90 Å². The fraction of sp³-hybridized carbons (Fsp3) is 0.409. The molecule has 2 aromatic rings. The SMILES string of the molecule is CC1Cc2ccccc2N1C(=O)c1cccc(C(=O)NC2CCCCC2)n1. The van der Waals surface area contributed by atoms with E-state index in [0.717, 1.165) is 37.8 Å². The third-order valence-corrected chi connectivity index (χ3v) is 5.57. The maximum Gasteiger partial charge on any atom is 0.277 e. The number of anilines is 1. The maximum atomic E-state index is 13.1. The lowest BCUT2D eigenvalue weighted by molar-refractivity contribution is 0.0922. The average molecular weight is 363 g/mol. The standard InChI is InChI=1S/C22H25N3O2/c1-15-14-16-8-5-6-13-20(16)25(15)22(27)19-12-7-11-18(24-19)21(26)23-17-9-3-2-4-10-17/h5-8,11-13,15,17H,2-4,9-10,14H2,1H3,(H,23,26). The second-order valence-corrected chi connectivity index (χ2v) is 7.57. The van der Waals surface area contributed by atoms with Gasteiger partial charge in [0.15, 0.2) is 0 Å². The molecule has 2 heterocycles. The first-order chi connectivity index (χ1) is 13.1. The molecule has 0 spiro atoms. The molecule has 0 radical (unpaired) electrons. The van der Waals surface area contributed by atoms with Crippen molar-refractivity contribution in [2.45, 2.75) is 57.5 Å². The minimum absolute atomic E-state index is 0.0800. The van der Waals surface area contributed by atoms with E-state index in [9.17, 15) is 9.59 Å². The number of nitrogens with one attached hydrogen (secondary N) is 1. The highest BCUT2D eigenvalue weighted by Crippen LogP contribution is 2.32. The van der Waals surface area contributed by atoms with Gasteiger partial charge in [-0.3, -0.25) is 9.59 Å². The first-order valence-corrected chi connectivity index (χ1v) is 9.83. The minimum atomic E-state index is -0.188. The predicted molar refractivity (Wildman–Crippen MR) is 105 cm³/mol. The summed E-state index contributed by atoms with van der Waals surface area (Å²) in [7, 11) is 0. The summed E-state index contributed by atoms with van der Waals surface area (Å²) < 4.78 is 0. The number of nitrogens with zero attached hydrogens (tertiary/aromatic N) is 2. The van der Waals surface area contributed by atoms with Gasteiger partial charge < -0.3 is 10.2 Å². The molecule has 1 aromatic carbocycles. The molecule has 2 aliphatic rings. The van der Waals surface area contributed by atoms with Gasteiger partial charge in [-0.1, -0.05) is 43.5 Å². The van der Waals surface area contributed by atoms with Crippen LogP contribution in [0.2, 0.25) is 0 Å². The van der Waals surface area contributed by atoms with E-state index in [4.69, 9.17) is 0 Å². The van der Waals surface area contributed by atoms with E-state index >= 15 is 0 Å². The summed E-state index contributed by atoms with van der Waals surface area (Å²) in [5.41, 5.74) is 2.74. The Morgan fingerprint density at radius 1 is 1.00 bits per heavy atom. The number of fused-ring (bicyclic) bond motifs is 1. The molecule has 0 bridgehead atoms. The molecule has 1 aromatic heterocycles. The first kappa shape index (κ1) is 17.7. The zero-order valence-corrected chi connectivity index (χ0v) is 15.6. The predicted octanol–water partition coefficient (Wildman–Crippen LogP) is 3.74. The number of amides is 2. The summed E-state index contributed by atoms with van der Waals surface area (Å²) in [6.45, 7) is 2.04. The largest absolute Gasteiger partial charge is 0.348 e. The molecule has 4 rings (SSSR count). The van der Waals surface area contributed by atoms with E-state index in [1.807, 2.05) is 25.1 Å². The monoisotopic (exact) mass is 363 g/mol. The summed E-state index contributed by atoms with van der Waals surface area (Å²) in [5, 5.41) is 3.07. The molecule has 1 fully saturated rings. The second-order valence-electron chi connectivity index (χ2n) is 7.57. The molecule has 5 nitrogen and oxygen atoms in total. The summed E-state index contributed by atoms with van der Waals surface area (Å²) in [6, 6.07) is 13.4. The quantitative estimate of drug-likeness (QED) is 0.904. The molecule has 140 valence electrons. The van der Waals surface area contributed by atoms with Gasteiger partial charge in [0.1, 0.15) is 11.4 Å². The molecule has 1 N–H and O–H groups in total. The molecule has 1 unspecified atom stereocenters. The molecule has 27 heavy (non-hydrogen) atoms. The Balaban J connectivity index is 1.53. The van der Waals surface area contributed by atoms with Gasteiger partial charge >= 0.3 is 0 Å². The second kappa shape index (κ2) is 7.51. The lowest BCUT2D eigenvalue weighted by atomic mass is 9.95. The Morgan fingerprint density at radius 2 is 1.74 bits per heavy atom. The first-order valence-electron chi connectivity index (χ1n) is 9.83. The van der Waals surface area contributed by atoms with Crippen LogP contribution in [0, 0.1) is 0 Å². The molecular formula is C22H25N3O2. The fourth-order valence-electron chi connectivity index (χ4n) is 4.18. The number of pyridine rings is 1. The van der Waals surface area contributed by atoms with E-state index < -0.39 is 0 Å². The Labute approximate surface area is 159 Å². The Kier molecular flexibility index (Phi) is 4.92. The molecule has 2 amide bonds. The zero-order valence-electron chi connectivity index (χ0n) is 15.6. The van der Waals surface area contributed by atoms with E-state index in [1.165, 1.54) is 12.0 Å².